The molecule has 2 atom stereocenters. The molecule has 1 saturated carbocycles. The molecule has 1 fully saturated rings. The van der Waals surface area contributed by atoms with E-state index in [4.69, 9.17) is 0 Å². The van der Waals surface area contributed by atoms with Gasteiger partial charge in [0.1, 0.15) is 0 Å². The molecule has 1 aliphatic carbocycles. The first-order chi connectivity index (χ1) is 8.22. The zero-order valence-electron chi connectivity index (χ0n) is 11.4. The summed E-state index contributed by atoms with van der Waals surface area (Å²) in [7, 11) is 0. The Kier molecular flexibility index (Phi) is 4.09. The summed E-state index contributed by atoms with van der Waals surface area (Å²) in [6, 6.07) is 9.47. The Balaban J connectivity index is 2.12. The molecule has 0 saturated heterocycles. The zero-order valence-corrected chi connectivity index (χ0v) is 11.4. The molecule has 94 valence electrons. The Hall–Kier alpha value is -0.980. The van der Waals surface area contributed by atoms with Gasteiger partial charge in [-0.25, -0.2) is 0 Å². The van der Waals surface area contributed by atoms with Gasteiger partial charge in [0.2, 0.25) is 0 Å². The van der Waals surface area contributed by atoms with Gasteiger partial charge in [-0.2, -0.15) is 0 Å². The van der Waals surface area contributed by atoms with Crippen LogP contribution >= 0.6 is 0 Å². The minimum atomic E-state index is 0.597. The van der Waals surface area contributed by atoms with E-state index in [2.05, 4.69) is 50.4 Å². The highest BCUT2D eigenvalue weighted by Crippen LogP contribution is 2.33. The van der Waals surface area contributed by atoms with Crippen LogP contribution in [-0.2, 0) is 0 Å². The highest BCUT2D eigenvalue weighted by molar-refractivity contribution is 5.53. The lowest BCUT2D eigenvalue weighted by Gasteiger charge is -2.23. The van der Waals surface area contributed by atoms with Gasteiger partial charge in [0, 0.05) is 11.7 Å². The summed E-state index contributed by atoms with van der Waals surface area (Å²) >= 11 is 0. The van der Waals surface area contributed by atoms with Crippen molar-refractivity contribution in [3.63, 3.8) is 0 Å². The number of rotatable bonds is 4. The van der Waals surface area contributed by atoms with Gasteiger partial charge in [-0.3, -0.25) is 0 Å². The molecule has 17 heavy (non-hydrogen) atoms. The molecular weight excluding hydrogens is 206 g/mol. The number of hydrogen-bond acceptors (Lipinski definition) is 1. The first kappa shape index (κ1) is 12.5. The minimum absolute atomic E-state index is 0.597. The summed E-state index contributed by atoms with van der Waals surface area (Å²) in [6.45, 7) is 6.86. The minimum Gasteiger partial charge on any atom is -0.382 e. The van der Waals surface area contributed by atoms with Crippen LogP contribution in [0.1, 0.15) is 57.9 Å². The zero-order chi connectivity index (χ0) is 12.3. The molecule has 0 bridgehead atoms. The third kappa shape index (κ3) is 2.83. The number of anilines is 1. The molecule has 0 amide bonds. The summed E-state index contributed by atoms with van der Waals surface area (Å²) in [4.78, 5) is 0. The largest absolute Gasteiger partial charge is 0.382 e. The molecule has 1 aliphatic rings. The van der Waals surface area contributed by atoms with E-state index < -0.39 is 0 Å². The smallest absolute Gasteiger partial charge is 0.0377 e. The van der Waals surface area contributed by atoms with Gasteiger partial charge in [-0.05, 0) is 36.3 Å². The lowest BCUT2D eigenvalue weighted by atomic mass is 9.97. The van der Waals surface area contributed by atoms with Crippen molar-refractivity contribution in [2.75, 3.05) is 5.32 Å². The van der Waals surface area contributed by atoms with E-state index in [1.165, 1.54) is 36.9 Å². The van der Waals surface area contributed by atoms with E-state index in [0.717, 1.165) is 5.92 Å². The molecule has 1 N–H and O–H groups in total. The fourth-order valence-electron chi connectivity index (χ4n) is 3.05. The standard InChI is InChI=1S/C16H25N/c1-4-13-8-7-11-15(13)17-16-10-6-5-9-14(16)12(2)3/h5-6,9-10,12-13,15,17H,4,7-8,11H2,1-3H3. The van der Waals surface area contributed by atoms with Crippen molar-refractivity contribution in [3.05, 3.63) is 29.8 Å². The van der Waals surface area contributed by atoms with Crippen molar-refractivity contribution in [1.29, 1.82) is 0 Å². The first-order valence-corrected chi connectivity index (χ1v) is 7.07. The molecule has 0 aromatic heterocycles. The SMILES string of the molecule is CCC1CCCC1Nc1ccccc1C(C)C. The Labute approximate surface area is 106 Å². The van der Waals surface area contributed by atoms with Crippen molar-refractivity contribution in [1.82, 2.24) is 0 Å². The van der Waals surface area contributed by atoms with Gasteiger partial charge in [-0.1, -0.05) is 51.8 Å². The van der Waals surface area contributed by atoms with Crippen LogP contribution in [0.4, 0.5) is 5.69 Å². The molecule has 2 rings (SSSR count). The normalized spacial score (nSPS) is 24.2. The number of para-hydroxylation sites is 1. The predicted molar refractivity (Wildman–Crippen MR) is 75.6 cm³/mol. The molecule has 0 spiro atoms. The van der Waals surface area contributed by atoms with Gasteiger partial charge < -0.3 is 5.32 Å². The van der Waals surface area contributed by atoms with Crippen LogP contribution in [0.5, 0.6) is 0 Å². The second-order valence-electron chi connectivity index (χ2n) is 5.59. The first-order valence-electron chi connectivity index (χ1n) is 7.07. The van der Waals surface area contributed by atoms with E-state index in [0.29, 0.717) is 12.0 Å². The van der Waals surface area contributed by atoms with Gasteiger partial charge in [-0.15, -0.1) is 0 Å². The second-order valence-corrected chi connectivity index (χ2v) is 5.59. The number of hydrogen-bond donors (Lipinski definition) is 1. The molecule has 1 aromatic carbocycles. The van der Waals surface area contributed by atoms with E-state index in [9.17, 15) is 0 Å². The van der Waals surface area contributed by atoms with Gasteiger partial charge >= 0.3 is 0 Å². The Morgan fingerprint density at radius 2 is 2.00 bits per heavy atom. The molecule has 0 heterocycles. The van der Waals surface area contributed by atoms with Crippen LogP contribution in [0.15, 0.2) is 24.3 Å². The van der Waals surface area contributed by atoms with E-state index in [1.807, 2.05) is 0 Å². The highest BCUT2D eigenvalue weighted by atomic mass is 14.9. The lowest BCUT2D eigenvalue weighted by molar-refractivity contribution is 0.488. The van der Waals surface area contributed by atoms with Crippen LogP contribution in [0, 0.1) is 5.92 Å². The van der Waals surface area contributed by atoms with Crippen molar-refractivity contribution in [3.8, 4) is 0 Å². The monoisotopic (exact) mass is 231 g/mol. The average Bonchev–Trinajstić information content (AvgIpc) is 2.77. The van der Waals surface area contributed by atoms with Crippen LogP contribution < -0.4 is 5.32 Å². The number of nitrogens with one attached hydrogen (secondary N) is 1. The molecule has 0 aliphatic heterocycles. The molecule has 1 aromatic rings. The highest BCUT2D eigenvalue weighted by Gasteiger charge is 2.25. The molecule has 1 nitrogen and oxygen atoms in total. The fraction of sp³-hybridized carbons (Fsp3) is 0.625. The van der Waals surface area contributed by atoms with E-state index in [-0.39, 0.29) is 0 Å². The maximum atomic E-state index is 3.79. The fourth-order valence-corrected chi connectivity index (χ4v) is 3.05. The third-order valence-electron chi connectivity index (χ3n) is 4.11. The van der Waals surface area contributed by atoms with E-state index in [1.54, 1.807) is 0 Å². The van der Waals surface area contributed by atoms with Gasteiger partial charge in [0.25, 0.3) is 0 Å². The maximum absolute atomic E-state index is 3.79. The molecule has 2 unspecified atom stereocenters. The van der Waals surface area contributed by atoms with Crippen LogP contribution in [0.25, 0.3) is 0 Å². The third-order valence-corrected chi connectivity index (χ3v) is 4.11. The summed E-state index contributed by atoms with van der Waals surface area (Å²) < 4.78 is 0. The lowest BCUT2D eigenvalue weighted by Crippen LogP contribution is -2.24. The Bertz CT molecular complexity index is 356. The van der Waals surface area contributed by atoms with Crippen LogP contribution in [-0.4, -0.2) is 6.04 Å². The van der Waals surface area contributed by atoms with E-state index >= 15 is 0 Å². The summed E-state index contributed by atoms with van der Waals surface area (Å²) in [6.07, 6.45) is 5.43. The Morgan fingerprint density at radius 3 is 2.71 bits per heavy atom. The molecule has 0 radical (unpaired) electrons. The van der Waals surface area contributed by atoms with Crippen molar-refractivity contribution >= 4 is 5.69 Å². The van der Waals surface area contributed by atoms with Crippen molar-refractivity contribution in [2.45, 2.75) is 58.4 Å². The second kappa shape index (κ2) is 5.57. The summed E-state index contributed by atoms with van der Waals surface area (Å²) in [5.41, 5.74) is 2.81. The summed E-state index contributed by atoms with van der Waals surface area (Å²) in [5.74, 6) is 1.47. The van der Waals surface area contributed by atoms with Crippen molar-refractivity contribution in [2.24, 2.45) is 5.92 Å². The average molecular weight is 231 g/mol. The van der Waals surface area contributed by atoms with Crippen LogP contribution in [0.2, 0.25) is 0 Å². The molecule has 1 heteroatoms. The van der Waals surface area contributed by atoms with Crippen molar-refractivity contribution < 1.29 is 0 Å². The quantitative estimate of drug-likeness (QED) is 0.784. The van der Waals surface area contributed by atoms with Gasteiger partial charge in [0.05, 0.1) is 0 Å². The molecular formula is C16H25N. The predicted octanol–water partition coefficient (Wildman–Crippen LogP) is 4.80. The van der Waals surface area contributed by atoms with Gasteiger partial charge in [0.15, 0.2) is 0 Å². The number of benzene rings is 1. The maximum Gasteiger partial charge on any atom is 0.0377 e. The Morgan fingerprint density at radius 1 is 1.24 bits per heavy atom. The topological polar surface area (TPSA) is 12.0 Å². The summed E-state index contributed by atoms with van der Waals surface area (Å²) in [5, 5.41) is 3.79. The van der Waals surface area contributed by atoms with Crippen LogP contribution in [0.3, 0.4) is 0 Å².